The standard InChI is InChI=1S/C16H23N/c1-3-11-17(12-4-2)16-10-9-14-7-5-6-8-15(14)13-16/h3,5-8,16H,1,4,9-13H2,2H3/t16-/m0/s1. The van der Waals surface area contributed by atoms with E-state index in [0.29, 0.717) is 6.04 Å². The van der Waals surface area contributed by atoms with Gasteiger partial charge in [0, 0.05) is 12.6 Å². The van der Waals surface area contributed by atoms with Crippen molar-refractivity contribution in [2.45, 2.75) is 38.6 Å². The maximum Gasteiger partial charge on any atom is 0.0163 e. The van der Waals surface area contributed by atoms with Crippen molar-refractivity contribution in [1.82, 2.24) is 4.90 Å². The van der Waals surface area contributed by atoms with Crippen molar-refractivity contribution in [3.8, 4) is 0 Å². The minimum atomic E-state index is 0.711. The van der Waals surface area contributed by atoms with E-state index in [1.807, 2.05) is 6.08 Å². The van der Waals surface area contributed by atoms with E-state index in [1.54, 1.807) is 11.1 Å². The van der Waals surface area contributed by atoms with Crippen molar-refractivity contribution in [1.29, 1.82) is 0 Å². The van der Waals surface area contributed by atoms with Crippen molar-refractivity contribution < 1.29 is 0 Å². The lowest BCUT2D eigenvalue weighted by Gasteiger charge is -2.34. The molecule has 1 aromatic carbocycles. The zero-order chi connectivity index (χ0) is 12.1. The molecule has 0 bridgehead atoms. The van der Waals surface area contributed by atoms with E-state index in [0.717, 1.165) is 6.54 Å². The van der Waals surface area contributed by atoms with Gasteiger partial charge in [0.1, 0.15) is 0 Å². The van der Waals surface area contributed by atoms with Crippen LogP contribution in [0, 0.1) is 0 Å². The molecule has 0 saturated carbocycles. The number of rotatable bonds is 5. The lowest BCUT2D eigenvalue weighted by molar-refractivity contribution is 0.199. The molecule has 17 heavy (non-hydrogen) atoms. The van der Waals surface area contributed by atoms with Crippen LogP contribution in [0.15, 0.2) is 36.9 Å². The number of hydrogen-bond donors (Lipinski definition) is 0. The first-order valence-electron chi connectivity index (χ1n) is 6.77. The summed E-state index contributed by atoms with van der Waals surface area (Å²) in [5.74, 6) is 0. The molecule has 0 saturated heterocycles. The van der Waals surface area contributed by atoms with E-state index in [4.69, 9.17) is 0 Å². The molecule has 1 atom stereocenters. The predicted octanol–water partition coefficient (Wildman–Crippen LogP) is 3.44. The maximum absolute atomic E-state index is 3.88. The summed E-state index contributed by atoms with van der Waals surface area (Å²) in [5, 5.41) is 0. The second-order valence-corrected chi connectivity index (χ2v) is 4.95. The van der Waals surface area contributed by atoms with Gasteiger partial charge in [0.2, 0.25) is 0 Å². The minimum absolute atomic E-state index is 0.711. The van der Waals surface area contributed by atoms with Gasteiger partial charge in [-0.2, -0.15) is 0 Å². The molecular weight excluding hydrogens is 206 g/mol. The van der Waals surface area contributed by atoms with Crippen LogP contribution in [-0.4, -0.2) is 24.0 Å². The molecule has 2 rings (SSSR count). The lowest BCUT2D eigenvalue weighted by atomic mass is 9.87. The number of benzene rings is 1. The topological polar surface area (TPSA) is 3.24 Å². The van der Waals surface area contributed by atoms with E-state index < -0.39 is 0 Å². The SMILES string of the molecule is C=CCN(CCC)[C@H]1CCc2ccccc2C1. The van der Waals surface area contributed by atoms with Crippen molar-refractivity contribution in [2.24, 2.45) is 0 Å². The number of nitrogens with zero attached hydrogens (tertiary/aromatic N) is 1. The highest BCUT2D eigenvalue weighted by molar-refractivity contribution is 5.30. The van der Waals surface area contributed by atoms with E-state index in [2.05, 4.69) is 42.7 Å². The molecule has 0 aliphatic heterocycles. The van der Waals surface area contributed by atoms with Crippen LogP contribution in [0.5, 0.6) is 0 Å². The molecule has 92 valence electrons. The number of fused-ring (bicyclic) bond motifs is 1. The lowest BCUT2D eigenvalue weighted by Crippen LogP contribution is -2.39. The molecule has 1 aromatic rings. The molecule has 0 radical (unpaired) electrons. The van der Waals surface area contributed by atoms with Gasteiger partial charge in [-0.05, 0) is 43.4 Å². The summed E-state index contributed by atoms with van der Waals surface area (Å²) in [7, 11) is 0. The fourth-order valence-corrected chi connectivity index (χ4v) is 2.87. The molecular formula is C16H23N. The molecule has 0 heterocycles. The number of hydrogen-bond acceptors (Lipinski definition) is 1. The monoisotopic (exact) mass is 229 g/mol. The molecule has 0 amide bonds. The summed E-state index contributed by atoms with van der Waals surface area (Å²) in [6.45, 7) is 8.36. The molecule has 0 spiro atoms. The van der Waals surface area contributed by atoms with Crippen LogP contribution >= 0.6 is 0 Å². The highest BCUT2D eigenvalue weighted by Gasteiger charge is 2.22. The zero-order valence-corrected chi connectivity index (χ0v) is 10.9. The van der Waals surface area contributed by atoms with Gasteiger partial charge in [-0.25, -0.2) is 0 Å². The summed E-state index contributed by atoms with van der Waals surface area (Å²) in [5.41, 5.74) is 3.10. The Kier molecular flexibility index (Phi) is 4.38. The first-order valence-corrected chi connectivity index (χ1v) is 6.77. The van der Waals surface area contributed by atoms with Crippen LogP contribution in [0.4, 0.5) is 0 Å². The van der Waals surface area contributed by atoms with Crippen molar-refractivity contribution in [2.75, 3.05) is 13.1 Å². The summed E-state index contributed by atoms with van der Waals surface area (Å²) in [4.78, 5) is 2.59. The average Bonchev–Trinajstić information content (AvgIpc) is 2.38. The van der Waals surface area contributed by atoms with E-state index in [1.165, 1.54) is 32.2 Å². The highest BCUT2D eigenvalue weighted by atomic mass is 15.1. The Morgan fingerprint density at radius 2 is 2.12 bits per heavy atom. The Bertz CT molecular complexity index is 370. The maximum atomic E-state index is 3.88. The molecule has 0 unspecified atom stereocenters. The predicted molar refractivity (Wildman–Crippen MR) is 74.3 cm³/mol. The van der Waals surface area contributed by atoms with Crippen LogP contribution in [0.2, 0.25) is 0 Å². The molecule has 0 aromatic heterocycles. The third-order valence-electron chi connectivity index (χ3n) is 3.71. The highest BCUT2D eigenvalue weighted by Crippen LogP contribution is 2.24. The van der Waals surface area contributed by atoms with Crippen LogP contribution in [0.3, 0.4) is 0 Å². The van der Waals surface area contributed by atoms with Gasteiger partial charge in [0.25, 0.3) is 0 Å². The molecule has 1 aliphatic carbocycles. The second-order valence-electron chi connectivity index (χ2n) is 4.95. The Hall–Kier alpha value is -1.08. The largest absolute Gasteiger partial charge is 0.296 e. The van der Waals surface area contributed by atoms with Crippen LogP contribution in [0.25, 0.3) is 0 Å². The Morgan fingerprint density at radius 1 is 1.35 bits per heavy atom. The summed E-state index contributed by atoms with van der Waals surface area (Å²) >= 11 is 0. The molecule has 0 fully saturated rings. The van der Waals surface area contributed by atoms with Crippen molar-refractivity contribution >= 4 is 0 Å². The fraction of sp³-hybridized carbons (Fsp3) is 0.500. The first kappa shape index (κ1) is 12.4. The van der Waals surface area contributed by atoms with E-state index in [9.17, 15) is 0 Å². The van der Waals surface area contributed by atoms with Gasteiger partial charge >= 0.3 is 0 Å². The molecule has 1 aliphatic rings. The van der Waals surface area contributed by atoms with Crippen molar-refractivity contribution in [3.05, 3.63) is 48.0 Å². The number of aryl methyl sites for hydroxylation is 1. The summed E-state index contributed by atoms with van der Waals surface area (Å²) < 4.78 is 0. The molecule has 1 nitrogen and oxygen atoms in total. The zero-order valence-electron chi connectivity index (χ0n) is 10.9. The second kappa shape index (κ2) is 6.02. The first-order chi connectivity index (χ1) is 8.35. The van der Waals surface area contributed by atoms with Gasteiger partial charge in [-0.3, -0.25) is 4.90 Å². The quantitative estimate of drug-likeness (QED) is 0.699. The van der Waals surface area contributed by atoms with Crippen LogP contribution in [-0.2, 0) is 12.8 Å². The minimum Gasteiger partial charge on any atom is -0.296 e. The summed E-state index contributed by atoms with van der Waals surface area (Å²) in [6, 6.07) is 9.61. The van der Waals surface area contributed by atoms with E-state index >= 15 is 0 Å². The Balaban J connectivity index is 2.07. The fourth-order valence-electron chi connectivity index (χ4n) is 2.87. The smallest absolute Gasteiger partial charge is 0.0163 e. The van der Waals surface area contributed by atoms with Gasteiger partial charge in [-0.1, -0.05) is 37.3 Å². The van der Waals surface area contributed by atoms with Crippen LogP contribution in [0.1, 0.15) is 30.9 Å². The third-order valence-corrected chi connectivity index (χ3v) is 3.71. The molecule has 1 heteroatoms. The van der Waals surface area contributed by atoms with Gasteiger partial charge < -0.3 is 0 Å². The van der Waals surface area contributed by atoms with E-state index in [-0.39, 0.29) is 0 Å². The van der Waals surface area contributed by atoms with Crippen LogP contribution < -0.4 is 0 Å². The Morgan fingerprint density at radius 3 is 2.82 bits per heavy atom. The van der Waals surface area contributed by atoms with Gasteiger partial charge in [-0.15, -0.1) is 6.58 Å². The van der Waals surface area contributed by atoms with Crippen molar-refractivity contribution in [3.63, 3.8) is 0 Å². The van der Waals surface area contributed by atoms with Gasteiger partial charge in [0.15, 0.2) is 0 Å². The average molecular weight is 229 g/mol. The van der Waals surface area contributed by atoms with Gasteiger partial charge in [0.05, 0.1) is 0 Å². The molecule has 0 N–H and O–H groups in total. The summed E-state index contributed by atoms with van der Waals surface area (Å²) in [6.07, 6.45) is 7.01. The Labute approximate surface area is 105 Å². The third kappa shape index (κ3) is 2.98. The normalized spacial score (nSPS) is 19.1.